The van der Waals surface area contributed by atoms with Crippen LogP contribution in [0.2, 0.25) is 0 Å². The fraction of sp³-hybridized carbons (Fsp3) is 0.400. The van der Waals surface area contributed by atoms with Crippen molar-refractivity contribution in [2.24, 2.45) is 11.7 Å². The van der Waals surface area contributed by atoms with Crippen LogP contribution in [0, 0.1) is 5.92 Å². The molecular weight excluding hydrogens is 214 g/mol. The lowest BCUT2D eigenvalue weighted by Crippen LogP contribution is -2.01. The first-order chi connectivity index (χ1) is 5.81. The predicted octanol–water partition coefficient (Wildman–Crippen LogP) is 2.51. The van der Waals surface area contributed by atoms with E-state index in [0.29, 0.717) is 0 Å². The molecule has 1 unspecified atom stereocenters. The van der Waals surface area contributed by atoms with Crippen molar-refractivity contribution in [2.75, 3.05) is 6.54 Å². The normalized spacial score (nSPS) is 27.2. The first kappa shape index (κ1) is 8.27. The molecule has 1 aromatic carbocycles. The Morgan fingerprint density at radius 1 is 1.33 bits per heavy atom. The molecule has 1 aliphatic rings. The highest BCUT2D eigenvalue weighted by atomic mass is 79.9. The summed E-state index contributed by atoms with van der Waals surface area (Å²) in [5, 5.41) is 0. The van der Waals surface area contributed by atoms with Crippen LogP contribution >= 0.6 is 15.9 Å². The van der Waals surface area contributed by atoms with Crippen LogP contribution in [0.1, 0.15) is 17.9 Å². The molecule has 2 rings (SSSR count). The Labute approximate surface area is 81.1 Å². The molecule has 2 N–H and O–H groups in total. The molecular formula is C10H12BrN. The molecule has 1 aliphatic carbocycles. The maximum atomic E-state index is 5.58. The van der Waals surface area contributed by atoms with Crippen molar-refractivity contribution < 1.29 is 0 Å². The van der Waals surface area contributed by atoms with Gasteiger partial charge in [-0.05, 0) is 42.5 Å². The third-order valence-corrected chi connectivity index (χ3v) is 3.05. The molecule has 1 fully saturated rings. The third kappa shape index (κ3) is 1.54. The Bertz CT molecular complexity index is 268. The molecule has 0 saturated heterocycles. The van der Waals surface area contributed by atoms with Crippen LogP contribution in [0.15, 0.2) is 28.7 Å². The van der Waals surface area contributed by atoms with E-state index in [9.17, 15) is 0 Å². The van der Waals surface area contributed by atoms with E-state index in [1.165, 1.54) is 12.0 Å². The first-order valence-electron chi connectivity index (χ1n) is 4.27. The lowest BCUT2D eigenvalue weighted by atomic mass is 10.1. The van der Waals surface area contributed by atoms with Gasteiger partial charge >= 0.3 is 0 Å². The molecule has 0 aromatic heterocycles. The molecule has 1 aromatic rings. The number of rotatable bonds is 2. The van der Waals surface area contributed by atoms with Crippen molar-refractivity contribution in [2.45, 2.75) is 12.3 Å². The summed E-state index contributed by atoms with van der Waals surface area (Å²) in [4.78, 5) is 0. The maximum absolute atomic E-state index is 5.58. The second kappa shape index (κ2) is 3.19. The number of hydrogen-bond donors (Lipinski definition) is 1. The van der Waals surface area contributed by atoms with Gasteiger partial charge in [-0.25, -0.2) is 0 Å². The number of benzene rings is 1. The molecule has 0 bridgehead atoms. The zero-order valence-electron chi connectivity index (χ0n) is 6.83. The van der Waals surface area contributed by atoms with Crippen molar-refractivity contribution in [1.29, 1.82) is 0 Å². The Hall–Kier alpha value is -0.340. The molecule has 0 heterocycles. The zero-order valence-corrected chi connectivity index (χ0v) is 8.42. The minimum absolute atomic E-state index is 0.739. The van der Waals surface area contributed by atoms with Gasteiger partial charge in [-0.2, -0.15) is 0 Å². The van der Waals surface area contributed by atoms with E-state index < -0.39 is 0 Å². The lowest BCUT2D eigenvalue weighted by Gasteiger charge is -1.98. The fourth-order valence-electron chi connectivity index (χ4n) is 1.63. The zero-order chi connectivity index (χ0) is 8.55. The molecule has 0 radical (unpaired) electrons. The Kier molecular flexibility index (Phi) is 2.20. The van der Waals surface area contributed by atoms with Crippen LogP contribution in [-0.4, -0.2) is 6.54 Å². The van der Waals surface area contributed by atoms with Crippen molar-refractivity contribution in [3.05, 3.63) is 34.3 Å². The largest absolute Gasteiger partial charge is 0.330 e. The summed E-state index contributed by atoms with van der Waals surface area (Å²) in [5.41, 5.74) is 7.02. The SMILES string of the molecule is NC[C@@H]1CC1c1ccc(Br)cc1. The Morgan fingerprint density at radius 3 is 2.50 bits per heavy atom. The highest BCUT2D eigenvalue weighted by Gasteiger charge is 2.36. The number of hydrogen-bond acceptors (Lipinski definition) is 1. The monoisotopic (exact) mass is 225 g/mol. The summed E-state index contributed by atoms with van der Waals surface area (Å²) in [6.07, 6.45) is 1.28. The molecule has 0 amide bonds. The highest BCUT2D eigenvalue weighted by molar-refractivity contribution is 9.10. The van der Waals surface area contributed by atoms with E-state index in [2.05, 4.69) is 40.2 Å². The van der Waals surface area contributed by atoms with Crippen LogP contribution < -0.4 is 5.73 Å². The Morgan fingerprint density at radius 2 is 2.00 bits per heavy atom. The van der Waals surface area contributed by atoms with E-state index in [0.717, 1.165) is 22.9 Å². The molecule has 2 heteroatoms. The predicted molar refractivity (Wildman–Crippen MR) is 54.0 cm³/mol. The Balaban J connectivity index is 2.10. The van der Waals surface area contributed by atoms with Crippen LogP contribution in [0.3, 0.4) is 0 Å². The van der Waals surface area contributed by atoms with Gasteiger partial charge in [0, 0.05) is 4.47 Å². The lowest BCUT2D eigenvalue weighted by molar-refractivity contribution is 0.809. The van der Waals surface area contributed by atoms with Gasteiger partial charge in [0.1, 0.15) is 0 Å². The minimum atomic E-state index is 0.739. The molecule has 64 valence electrons. The summed E-state index contributed by atoms with van der Waals surface area (Å²) in [6, 6.07) is 8.57. The third-order valence-electron chi connectivity index (χ3n) is 2.52. The van der Waals surface area contributed by atoms with Gasteiger partial charge in [0.05, 0.1) is 0 Å². The first-order valence-corrected chi connectivity index (χ1v) is 5.06. The van der Waals surface area contributed by atoms with Crippen LogP contribution in [-0.2, 0) is 0 Å². The quantitative estimate of drug-likeness (QED) is 0.823. The fourth-order valence-corrected chi connectivity index (χ4v) is 1.89. The van der Waals surface area contributed by atoms with Gasteiger partial charge in [-0.1, -0.05) is 28.1 Å². The van der Waals surface area contributed by atoms with Crippen LogP contribution in [0.4, 0.5) is 0 Å². The molecule has 1 nitrogen and oxygen atoms in total. The van der Waals surface area contributed by atoms with E-state index in [1.54, 1.807) is 0 Å². The van der Waals surface area contributed by atoms with Gasteiger partial charge < -0.3 is 5.73 Å². The van der Waals surface area contributed by atoms with Crippen LogP contribution in [0.25, 0.3) is 0 Å². The van der Waals surface area contributed by atoms with Gasteiger partial charge in [0.2, 0.25) is 0 Å². The smallest absolute Gasteiger partial charge is 0.0175 e. The summed E-state index contributed by atoms with van der Waals surface area (Å²) in [7, 11) is 0. The molecule has 2 atom stereocenters. The number of nitrogens with two attached hydrogens (primary N) is 1. The second-order valence-electron chi connectivity index (χ2n) is 3.39. The standard InChI is InChI=1S/C10H12BrN/c11-9-3-1-7(2-4-9)10-5-8(10)6-12/h1-4,8,10H,5-6,12H2/t8-,10?/m0/s1. The second-order valence-corrected chi connectivity index (χ2v) is 4.31. The van der Waals surface area contributed by atoms with Gasteiger partial charge in [-0.3, -0.25) is 0 Å². The van der Waals surface area contributed by atoms with E-state index in [4.69, 9.17) is 5.73 Å². The van der Waals surface area contributed by atoms with Crippen LogP contribution in [0.5, 0.6) is 0 Å². The summed E-state index contributed by atoms with van der Waals surface area (Å²) in [6.45, 7) is 0.834. The van der Waals surface area contributed by atoms with Crippen molar-refractivity contribution in [3.8, 4) is 0 Å². The topological polar surface area (TPSA) is 26.0 Å². The van der Waals surface area contributed by atoms with Gasteiger partial charge in [0.15, 0.2) is 0 Å². The highest BCUT2D eigenvalue weighted by Crippen LogP contribution is 2.46. The van der Waals surface area contributed by atoms with E-state index >= 15 is 0 Å². The van der Waals surface area contributed by atoms with Gasteiger partial charge in [0.25, 0.3) is 0 Å². The average molecular weight is 226 g/mol. The maximum Gasteiger partial charge on any atom is 0.0175 e. The van der Waals surface area contributed by atoms with Crippen molar-refractivity contribution >= 4 is 15.9 Å². The van der Waals surface area contributed by atoms with Crippen molar-refractivity contribution in [3.63, 3.8) is 0 Å². The minimum Gasteiger partial charge on any atom is -0.330 e. The molecule has 0 aliphatic heterocycles. The average Bonchev–Trinajstić information content (AvgIpc) is 2.85. The van der Waals surface area contributed by atoms with E-state index in [-0.39, 0.29) is 0 Å². The van der Waals surface area contributed by atoms with Gasteiger partial charge in [-0.15, -0.1) is 0 Å². The summed E-state index contributed by atoms with van der Waals surface area (Å²) in [5.74, 6) is 1.48. The number of halogens is 1. The molecule has 0 spiro atoms. The van der Waals surface area contributed by atoms with E-state index in [1.807, 2.05) is 0 Å². The van der Waals surface area contributed by atoms with Crippen molar-refractivity contribution in [1.82, 2.24) is 0 Å². The molecule has 12 heavy (non-hydrogen) atoms. The molecule has 1 saturated carbocycles. The summed E-state index contributed by atoms with van der Waals surface area (Å²) < 4.78 is 1.15. The summed E-state index contributed by atoms with van der Waals surface area (Å²) >= 11 is 3.42.